The van der Waals surface area contributed by atoms with Crippen LogP contribution in [0.15, 0.2) is 57.1 Å². The largest absolute Gasteiger partial charge is 0.287 e. The van der Waals surface area contributed by atoms with Gasteiger partial charge in [-0.15, -0.1) is 0 Å². The van der Waals surface area contributed by atoms with E-state index in [9.17, 15) is 4.79 Å². The van der Waals surface area contributed by atoms with E-state index in [0.717, 1.165) is 15.6 Å². The number of amides is 1. The topological polar surface area (TPSA) is 45.6 Å². The molecule has 0 radical (unpaired) electrons. The van der Waals surface area contributed by atoms with Crippen LogP contribution in [0.4, 0.5) is 5.69 Å². The lowest BCUT2D eigenvalue weighted by molar-refractivity contribution is -0.122. The van der Waals surface area contributed by atoms with Crippen molar-refractivity contribution in [2.45, 2.75) is 13.8 Å². The fraction of sp³-hybridized carbons (Fsp3) is 0.167. The van der Waals surface area contributed by atoms with E-state index in [0.29, 0.717) is 27.3 Å². The number of allylic oxidation sites excluding steroid dienone is 1. The number of hydrogen-bond donors (Lipinski definition) is 0. The molecule has 3 rings (SSSR count). The van der Waals surface area contributed by atoms with Crippen LogP contribution in [0.2, 0.25) is 5.02 Å². The molecule has 0 aliphatic carbocycles. The number of pyridine rings is 1. The number of carbonyl (C=O) groups is 1. The molecule has 1 amide bonds. The lowest BCUT2D eigenvalue weighted by Crippen LogP contribution is -2.28. The van der Waals surface area contributed by atoms with Crippen molar-refractivity contribution in [2.75, 3.05) is 6.54 Å². The van der Waals surface area contributed by atoms with Crippen LogP contribution in [0.25, 0.3) is 5.57 Å². The first-order chi connectivity index (χ1) is 12.0. The highest BCUT2D eigenvalue weighted by molar-refractivity contribution is 9.10. The number of likely N-dealkylation sites (N-methyl/N-ethyl adjacent to an activating group) is 1. The summed E-state index contributed by atoms with van der Waals surface area (Å²) in [5.74, 6) is -0.0307. The van der Waals surface area contributed by atoms with Crippen molar-refractivity contribution in [3.63, 3.8) is 0 Å². The van der Waals surface area contributed by atoms with Gasteiger partial charge in [-0.25, -0.2) is 4.99 Å². The molecule has 2 heterocycles. The van der Waals surface area contributed by atoms with Gasteiger partial charge < -0.3 is 0 Å². The summed E-state index contributed by atoms with van der Waals surface area (Å²) in [4.78, 5) is 23.7. The molecule has 4 nitrogen and oxygen atoms in total. The van der Waals surface area contributed by atoms with Crippen LogP contribution >= 0.6 is 39.3 Å². The van der Waals surface area contributed by atoms with Gasteiger partial charge in [0.1, 0.15) is 0 Å². The molecule has 0 spiro atoms. The molecule has 2 aromatic rings. The molecule has 0 atom stereocenters. The molecule has 128 valence electrons. The Bertz CT molecular complexity index is 880. The second-order valence-electron chi connectivity index (χ2n) is 5.33. The first kappa shape index (κ1) is 18.2. The number of halogens is 2. The molecule has 1 aliphatic heterocycles. The van der Waals surface area contributed by atoms with Gasteiger partial charge in [0, 0.05) is 23.4 Å². The Labute approximate surface area is 164 Å². The van der Waals surface area contributed by atoms with Gasteiger partial charge in [-0.05, 0) is 54.9 Å². The normalized spacial score (nSPS) is 18.2. The van der Waals surface area contributed by atoms with Crippen molar-refractivity contribution in [3.05, 3.63) is 62.7 Å². The summed E-state index contributed by atoms with van der Waals surface area (Å²) in [7, 11) is 0. The predicted molar refractivity (Wildman–Crippen MR) is 108 cm³/mol. The summed E-state index contributed by atoms with van der Waals surface area (Å²) in [5, 5.41) is 1.09. The van der Waals surface area contributed by atoms with Crippen LogP contribution in [-0.4, -0.2) is 27.5 Å². The van der Waals surface area contributed by atoms with Gasteiger partial charge in [-0.1, -0.05) is 39.7 Å². The maximum atomic E-state index is 12.8. The van der Waals surface area contributed by atoms with E-state index in [2.05, 4.69) is 25.9 Å². The second kappa shape index (κ2) is 7.72. The van der Waals surface area contributed by atoms with Crippen molar-refractivity contribution in [3.8, 4) is 0 Å². The standard InChI is InChI=1S/C18H15BrClN3OS/c1-3-23-17(24)16(11(2)12-4-6-13(19)7-5-12)25-18(23)22-15-8-9-21-10-14(15)20/h4-10H,3H2,1-2H3/b16-11-,22-18?. The summed E-state index contributed by atoms with van der Waals surface area (Å²) in [6.45, 7) is 4.43. The number of aliphatic imine (C=N–C) groups is 1. The number of carbonyl (C=O) groups excluding carboxylic acids is 1. The quantitative estimate of drug-likeness (QED) is 0.596. The van der Waals surface area contributed by atoms with E-state index in [4.69, 9.17) is 11.6 Å². The molecule has 1 aromatic heterocycles. The highest BCUT2D eigenvalue weighted by Crippen LogP contribution is 2.38. The van der Waals surface area contributed by atoms with E-state index in [1.54, 1.807) is 23.4 Å². The van der Waals surface area contributed by atoms with E-state index in [1.807, 2.05) is 38.1 Å². The molecule has 0 N–H and O–H groups in total. The molecular weight excluding hydrogens is 422 g/mol. The third kappa shape index (κ3) is 3.81. The van der Waals surface area contributed by atoms with E-state index >= 15 is 0 Å². The van der Waals surface area contributed by atoms with Crippen LogP contribution < -0.4 is 0 Å². The Kier molecular flexibility index (Phi) is 5.61. The summed E-state index contributed by atoms with van der Waals surface area (Å²) >= 11 is 10.9. The monoisotopic (exact) mass is 435 g/mol. The number of aromatic nitrogens is 1. The van der Waals surface area contributed by atoms with Crippen LogP contribution in [-0.2, 0) is 4.79 Å². The van der Waals surface area contributed by atoms with Gasteiger partial charge in [0.05, 0.1) is 15.6 Å². The fourth-order valence-corrected chi connectivity index (χ4v) is 3.93. The summed E-state index contributed by atoms with van der Waals surface area (Å²) in [6.07, 6.45) is 3.18. The lowest BCUT2D eigenvalue weighted by atomic mass is 10.1. The van der Waals surface area contributed by atoms with Gasteiger partial charge >= 0.3 is 0 Å². The molecule has 25 heavy (non-hydrogen) atoms. The SMILES string of the molecule is CCN1C(=O)/C(=C(\C)c2ccc(Br)cc2)SC1=Nc1ccncc1Cl. The summed E-state index contributed by atoms with van der Waals surface area (Å²) in [6, 6.07) is 9.65. The maximum absolute atomic E-state index is 12.8. The van der Waals surface area contributed by atoms with Gasteiger partial charge in [0.25, 0.3) is 5.91 Å². The average molecular weight is 437 g/mol. The molecule has 0 saturated carbocycles. The second-order valence-corrected chi connectivity index (χ2v) is 7.63. The van der Waals surface area contributed by atoms with Crippen LogP contribution in [0.3, 0.4) is 0 Å². The lowest BCUT2D eigenvalue weighted by Gasteiger charge is -2.12. The Morgan fingerprint density at radius 3 is 2.68 bits per heavy atom. The minimum absolute atomic E-state index is 0.0307. The summed E-state index contributed by atoms with van der Waals surface area (Å²) < 4.78 is 1.00. The van der Waals surface area contributed by atoms with E-state index < -0.39 is 0 Å². The van der Waals surface area contributed by atoms with E-state index in [-0.39, 0.29) is 5.91 Å². The van der Waals surface area contributed by atoms with Crippen LogP contribution in [0.1, 0.15) is 19.4 Å². The van der Waals surface area contributed by atoms with Crippen molar-refractivity contribution >= 4 is 61.6 Å². The first-order valence-electron chi connectivity index (χ1n) is 7.66. The molecule has 0 unspecified atom stereocenters. The molecular formula is C18H15BrClN3OS. The van der Waals surface area contributed by atoms with Gasteiger partial charge in [0.2, 0.25) is 0 Å². The van der Waals surface area contributed by atoms with Crippen LogP contribution in [0.5, 0.6) is 0 Å². The van der Waals surface area contributed by atoms with E-state index in [1.165, 1.54) is 11.8 Å². The Morgan fingerprint density at radius 1 is 1.32 bits per heavy atom. The molecule has 1 aromatic carbocycles. The van der Waals surface area contributed by atoms with Gasteiger partial charge in [-0.3, -0.25) is 14.7 Å². The predicted octanol–water partition coefficient (Wildman–Crippen LogP) is 5.51. The number of amidine groups is 1. The summed E-state index contributed by atoms with van der Waals surface area (Å²) in [5.41, 5.74) is 2.55. The van der Waals surface area contributed by atoms with Gasteiger partial charge in [0.15, 0.2) is 5.17 Å². The molecule has 0 bridgehead atoms. The Balaban J connectivity index is 2.01. The number of thioether (sulfide) groups is 1. The maximum Gasteiger partial charge on any atom is 0.267 e. The Hall–Kier alpha value is -1.63. The highest BCUT2D eigenvalue weighted by atomic mass is 79.9. The minimum atomic E-state index is -0.0307. The van der Waals surface area contributed by atoms with Gasteiger partial charge in [-0.2, -0.15) is 0 Å². The zero-order valence-corrected chi connectivity index (χ0v) is 16.8. The Morgan fingerprint density at radius 2 is 2.04 bits per heavy atom. The molecule has 1 aliphatic rings. The number of nitrogens with zero attached hydrogens (tertiary/aromatic N) is 3. The van der Waals surface area contributed by atoms with Crippen molar-refractivity contribution < 1.29 is 4.79 Å². The molecule has 7 heteroatoms. The third-order valence-corrected chi connectivity index (χ3v) is 5.76. The minimum Gasteiger partial charge on any atom is -0.287 e. The molecule has 1 saturated heterocycles. The molecule has 1 fully saturated rings. The van der Waals surface area contributed by atoms with Crippen molar-refractivity contribution in [1.29, 1.82) is 0 Å². The number of benzene rings is 1. The average Bonchev–Trinajstić information content (AvgIpc) is 2.92. The zero-order valence-electron chi connectivity index (χ0n) is 13.7. The first-order valence-corrected chi connectivity index (χ1v) is 9.64. The highest BCUT2D eigenvalue weighted by Gasteiger charge is 2.34. The fourth-order valence-electron chi connectivity index (χ4n) is 2.39. The zero-order chi connectivity index (χ0) is 18.0. The van der Waals surface area contributed by atoms with Crippen LogP contribution in [0, 0.1) is 0 Å². The van der Waals surface area contributed by atoms with Crippen molar-refractivity contribution in [2.24, 2.45) is 4.99 Å². The third-order valence-electron chi connectivity index (χ3n) is 3.76. The number of hydrogen-bond acceptors (Lipinski definition) is 4. The van der Waals surface area contributed by atoms with Crippen molar-refractivity contribution in [1.82, 2.24) is 9.88 Å². The smallest absolute Gasteiger partial charge is 0.267 e. The number of rotatable bonds is 3.